The third-order valence-electron chi connectivity index (χ3n) is 10.8. The standard InChI is InChI=1S/C40H46N8O2/c49-39-33-11-7-21-47-19-5-9-29(37(33)47)27-35(39)43-41-31-13-23-45(24-14-31)17-3-1-2-4-18-46-25-15-32(16-26-46)42-44-36-28-30-10-6-20-48-22-8-12-34(38(30)48)40(36)50/h13-16,23-28H,1-12,17-22H2/p+2. The number of hydrogen-bond donors (Lipinski definition) is 2. The van der Waals surface area contributed by atoms with Crippen LogP contribution in [-0.2, 0) is 38.8 Å². The van der Waals surface area contributed by atoms with Crippen LogP contribution in [0.5, 0.6) is 11.5 Å². The lowest BCUT2D eigenvalue weighted by molar-refractivity contribution is -0.698. The molecular weight excluding hydrogens is 624 g/mol. The molecule has 0 fully saturated rings. The number of rotatable bonds is 11. The summed E-state index contributed by atoms with van der Waals surface area (Å²) in [6, 6.07) is 12.0. The molecule has 0 spiro atoms. The van der Waals surface area contributed by atoms with Crippen LogP contribution in [0.4, 0.5) is 34.1 Å². The summed E-state index contributed by atoms with van der Waals surface area (Å²) in [6.07, 6.45) is 21.2. The first-order valence-corrected chi connectivity index (χ1v) is 18.7. The van der Waals surface area contributed by atoms with Crippen molar-refractivity contribution in [2.75, 3.05) is 36.0 Å². The minimum atomic E-state index is 0.297. The summed E-state index contributed by atoms with van der Waals surface area (Å²) in [5.74, 6) is 0.594. The largest absolute Gasteiger partial charge is 0.505 e. The molecule has 6 heterocycles. The van der Waals surface area contributed by atoms with Crippen molar-refractivity contribution < 1.29 is 19.3 Å². The molecule has 0 radical (unpaired) electrons. The van der Waals surface area contributed by atoms with Gasteiger partial charge < -0.3 is 20.0 Å². The second-order valence-corrected chi connectivity index (χ2v) is 14.3. The zero-order chi connectivity index (χ0) is 33.9. The van der Waals surface area contributed by atoms with E-state index in [1.54, 1.807) is 0 Å². The van der Waals surface area contributed by atoms with Gasteiger partial charge in [0.1, 0.15) is 36.0 Å². The third-order valence-corrected chi connectivity index (χ3v) is 10.8. The van der Waals surface area contributed by atoms with Crippen molar-refractivity contribution in [2.24, 2.45) is 20.5 Å². The molecule has 2 aromatic carbocycles. The van der Waals surface area contributed by atoms with E-state index in [2.05, 4.69) is 64.2 Å². The fraction of sp³-hybridized carbons (Fsp3) is 0.450. The molecule has 0 unspecified atom stereocenters. The Morgan fingerprint density at radius 3 is 1.34 bits per heavy atom. The molecule has 0 amide bonds. The maximum absolute atomic E-state index is 11.0. The predicted molar refractivity (Wildman–Crippen MR) is 194 cm³/mol. The Kier molecular flexibility index (Phi) is 9.41. The summed E-state index contributed by atoms with van der Waals surface area (Å²) >= 11 is 0. The lowest BCUT2D eigenvalue weighted by atomic mass is 9.90. The average Bonchev–Trinajstić information content (AvgIpc) is 3.15. The summed E-state index contributed by atoms with van der Waals surface area (Å²) in [5, 5.41) is 39.8. The first-order valence-electron chi connectivity index (χ1n) is 18.7. The van der Waals surface area contributed by atoms with Gasteiger partial charge in [-0.2, -0.15) is 0 Å². The molecule has 10 heteroatoms. The molecule has 8 rings (SSSR count). The van der Waals surface area contributed by atoms with E-state index in [1.807, 2.05) is 36.4 Å². The number of aromatic hydroxyl groups is 2. The third kappa shape index (κ3) is 6.80. The minimum absolute atomic E-state index is 0.297. The molecule has 4 aromatic rings. The highest BCUT2D eigenvalue weighted by Crippen LogP contribution is 2.46. The normalized spacial score (nSPS) is 16.6. The number of hydrogen-bond acceptors (Lipinski definition) is 8. The highest BCUT2D eigenvalue weighted by Gasteiger charge is 2.29. The highest BCUT2D eigenvalue weighted by molar-refractivity contribution is 5.75. The number of phenols is 2. The summed E-state index contributed by atoms with van der Waals surface area (Å²) < 4.78 is 4.40. The molecule has 10 nitrogen and oxygen atoms in total. The van der Waals surface area contributed by atoms with E-state index < -0.39 is 0 Å². The fourth-order valence-electron chi connectivity index (χ4n) is 8.30. The van der Waals surface area contributed by atoms with Crippen molar-refractivity contribution >= 4 is 34.1 Å². The molecule has 258 valence electrons. The van der Waals surface area contributed by atoms with Crippen LogP contribution in [-0.4, -0.2) is 36.4 Å². The maximum Gasteiger partial charge on any atom is 0.171 e. The summed E-state index contributed by atoms with van der Waals surface area (Å²) in [6.45, 7) is 6.26. The summed E-state index contributed by atoms with van der Waals surface area (Å²) in [7, 11) is 0. The van der Waals surface area contributed by atoms with Crippen LogP contribution in [0.3, 0.4) is 0 Å². The van der Waals surface area contributed by atoms with Crippen LogP contribution in [0.15, 0.2) is 81.6 Å². The number of nitrogens with zero attached hydrogens (tertiary/aromatic N) is 8. The molecule has 0 bridgehead atoms. The van der Waals surface area contributed by atoms with E-state index in [9.17, 15) is 10.2 Å². The number of pyridine rings is 2. The van der Waals surface area contributed by atoms with Gasteiger partial charge in [0, 0.05) is 85.8 Å². The second kappa shape index (κ2) is 14.5. The number of anilines is 2. The van der Waals surface area contributed by atoms with Crippen molar-refractivity contribution in [1.29, 1.82) is 0 Å². The van der Waals surface area contributed by atoms with Crippen molar-refractivity contribution in [1.82, 2.24) is 0 Å². The Labute approximate surface area is 294 Å². The van der Waals surface area contributed by atoms with Crippen molar-refractivity contribution in [3.63, 3.8) is 0 Å². The van der Waals surface area contributed by atoms with Gasteiger partial charge in [-0.15, -0.1) is 20.5 Å². The van der Waals surface area contributed by atoms with Crippen LogP contribution >= 0.6 is 0 Å². The van der Waals surface area contributed by atoms with E-state index in [4.69, 9.17) is 0 Å². The van der Waals surface area contributed by atoms with Gasteiger partial charge in [0.25, 0.3) is 0 Å². The first-order chi connectivity index (χ1) is 24.6. The van der Waals surface area contributed by atoms with Gasteiger partial charge in [-0.3, -0.25) is 0 Å². The van der Waals surface area contributed by atoms with Gasteiger partial charge in [0.2, 0.25) is 0 Å². The Bertz CT molecular complexity index is 1760. The lowest BCUT2D eigenvalue weighted by Gasteiger charge is -2.37. The number of aryl methyl sites for hydroxylation is 4. The topological polar surface area (TPSA) is 104 Å². The van der Waals surface area contributed by atoms with E-state index >= 15 is 0 Å². The molecule has 0 atom stereocenters. The van der Waals surface area contributed by atoms with Gasteiger partial charge >= 0.3 is 0 Å². The quantitative estimate of drug-likeness (QED) is 0.0953. The molecule has 2 aromatic heterocycles. The molecule has 4 aliphatic heterocycles. The van der Waals surface area contributed by atoms with Gasteiger partial charge in [-0.05, 0) is 87.5 Å². The molecule has 0 aliphatic carbocycles. The zero-order valence-electron chi connectivity index (χ0n) is 29.0. The van der Waals surface area contributed by atoms with E-state index in [-0.39, 0.29) is 0 Å². The van der Waals surface area contributed by atoms with Crippen LogP contribution < -0.4 is 18.9 Å². The van der Waals surface area contributed by atoms with Gasteiger partial charge in [0.15, 0.2) is 24.8 Å². The summed E-state index contributed by atoms with van der Waals surface area (Å²) in [4.78, 5) is 4.85. The fourth-order valence-corrected chi connectivity index (χ4v) is 8.30. The zero-order valence-corrected chi connectivity index (χ0v) is 29.0. The highest BCUT2D eigenvalue weighted by atomic mass is 16.3. The molecule has 50 heavy (non-hydrogen) atoms. The van der Waals surface area contributed by atoms with Gasteiger partial charge in [0.05, 0.1) is 11.4 Å². The predicted octanol–water partition coefficient (Wildman–Crippen LogP) is 8.16. The average molecular weight is 673 g/mol. The van der Waals surface area contributed by atoms with Gasteiger partial charge in [-0.25, -0.2) is 9.13 Å². The Hall–Kier alpha value is -4.86. The monoisotopic (exact) mass is 672 g/mol. The Morgan fingerprint density at radius 2 is 0.920 bits per heavy atom. The van der Waals surface area contributed by atoms with Crippen LogP contribution in [0.25, 0.3) is 0 Å². The molecule has 4 aliphatic rings. The van der Waals surface area contributed by atoms with Crippen molar-refractivity contribution in [3.05, 3.63) is 83.4 Å². The number of azo groups is 2. The number of benzene rings is 2. The second-order valence-electron chi connectivity index (χ2n) is 14.3. The number of phenolic OH excluding ortho intramolecular Hbond substituents is 2. The van der Waals surface area contributed by atoms with Crippen LogP contribution in [0.2, 0.25) is 0 Å². The SMILES string of the molecule is Oc1c(N=Nc2cc[n+](CCCCCC[n+]3ccc(N=Nc4cc5c6c(c4O)CCCN6CCC5)cc3)cc2)cc2c3c1CCCN3CCC2. The Morgan fingerprint density at radius 1 is 0.520 bits per heavy atom. The minimum Gasteiger partial charge on any atom is -0.505 e. The molecular formula is C40H48N8O2+2. The molecule has 2 N–H and O–H groups in total. The van der Waals surface area contributed by atoms with E-state index in [0.29, 0.717) is 22.9 Å². The maximum atomic E-state index is 11.0. The number of unbranched alkanes of at least 4 members (excludes halogenated alkanes) is 3. The van der Waals surface area contributed by atoms with Crippen molar-refractivity contribution in [2.45, 2.75) is 90.1 Å². The smallest absolute Gasteiger partial charge is 0.171 e. The van der Waals surface area contributed by atoms with E-state index in [1.165, 1.54) is 35.3 Å². The lowest BCUT2D eigenvalue weighted by Crippen LogP contribution is -2.34. The molecule has 0 saturated heterocycles. The Balaban J connectivity index is 0.778. The van der Waals surface area contributed by atoms with Crippen LogP contribution in [0.1, 0.15) is 73.6 Å². The van der Waals surface area contributed by atoms with Gasteiger partial charge in [-0.1, -0.05) is 0 Å². The van der Waals surface area contributed by atoms with Crippen molar-refractivity contribution in [3.8, 4) is 11.5 Å². The summed E-state index contributed by atoms with van der Waals surface area (Å²) in [5.41, 5.74) is 9.92. The first kappa shape index (κ1) is 32.4. The van der Waals surface area contributed by atoms with E-state index in [0.717, 1.165) is 126 Å². The number of aromatic nitrogens is 2. The molecule has 0 saturated carbocycles. The van der Waals surface area contributed by atoms with Crippen LogP contribution in [0, 0.1) is 0 Å².